The molecule has 1 aromatic rings. The fraction of sp³-hybridized carbons (Fsp3) is 0.862. The molecule has 0 radical (unpaired) electrons. The van der Waals surface area contributed by atoms with Crippen molar-refractivity contribution in [2.75, 3.05) is 13.2 Å². The zero-order valence-corrected chi connectivity index (χ0v) is 21.8. The van der Waals surface area contributed by atoms with Gasteiger partial charge in [0.15, 0.2) is 5.69 Å². The minimum Gasteiger partial charge on any atom is -0.387 e. The third kappa shape index (κ3) is 3.94. The average Bonchev–Trinajstić information content (AvgIpc) is 3.42. The van der Waals surface area contributed by atoms with Crippen molar-refractivity contribution in [3.05, 3.63) is 18.0 Å². The lowest BCUT2D eigenvalue weighted by molar-refractivity contribution is -0.166. The Hall–Kier alpha value is -1.38. The molecule has 188 valence electrons. The minimum atomic E-state index is -0.609. The van der Waals surface area contributed by atoms with Crippen LogP contribution in [0.15, 0.2) is 12.3 Å². The van der Waals surface area contributed by atoms with E-state index in [1.54, 1.807) is 0 Å². The first-order valence-corrected chi connectivity index (χ1v) is 14.0. The lowest BCUT2D eigenvalue weighted by Gasteiger charge is -2.62. The van der Waals surface area contributed by atoms with Crippen LogP contribution in [0.3, 0.4) is 0 Å². The van der Waals surface area contributed by atoms with Gasteiger partial charge in [-0.25, -0.2) is 0 Å². The van der Waals surface area contributed by atoms with Gasteiger partial charge in [0, 0.05) is 19.3 Å². The maximum atomic E-state index is 11.2. The first-order chi connectivity index (χ1) is 16.2. The lowest BCUT2D eigenvalue weighted by Crippen LogP contribution is -2.56. The van der Waals surface area contributed by atoms with Crippen LogP contribution in [-0.2, 0) is 11.3 Å². The number of aromatic nitrogens is 2. The van der Waals surface area contributed by atoms with Crippen molar-refractivity contribution in [1.82, 2.24) is 9.78 Å². The first kappa shape index (κ1) is 24.3. The lowest BCUT2D eigenvalue weighted by atomic mass is 9.43. The number of fused-ring (bicyclic) bond motifs is 5. The van der Waals surface area contributed by atoms with E-state index in [0.717, 1.165) is 49.5 Å². The molecule has 4 aliphatic carbocycles. The fourth-order valence-electron chi connectivity index (χ4n) is 9.67. The van der Waals surface area contributed by atoms with Crippen molar-refractivity contribution in [2.24, 2.45) is 46.3 Å². The van der Waals surface area contributed by atoms with Gasteiger partial charge >= 0.3 is 0 Å². The zero-order chi connectivity index (χ0) is 24.1. The van der Waals surface area contributed by atoms with Crippen LogP contribution in [0.25, 0.3) is 0 Å². The second kappa shape index (κ2) is 8.93. The molecule has 5 heteroatoms. The number of hydrogen-bond donors (Lipinski definition) is 1. The number of aliphatic hydroxyl groups is 1. The van der Waals surface area contributed by atoms with Crippen LogP contribution < -0.4 is 0 Å². The van der Waals surface area contributed by atoms with Gasteiger partial charge in [-0.1, -0.05) is 20.8 Å². The van der Waals surface area contributed by atoms with Crippen molar-refractivity contribution < 1.29 is 9.84 Å². The van der Waals surface area contributed by atoms with Gasteiger partial charge in [-0.2, -0.15) is 10.4 Å². The highest BCUT2D eigenvalue weighted by molar-refractivity contribution is 5.16. The Bertz CT molecular complexity index is 923. The standard InChI is InChI=1S/C29H45N3O2/c1-5-34-19-29(33)14-13-27(3)21(16-29)6-7-23-25-9-8-24(28(25,4)12-10-26(23)27)20(2)18-32-15-11-22(17-30)31-32/h11,15,20-21,23-26,33H,5-10,12-14,16,18-19H2,1-4H3/t20-,21+,23-,24+,25-,26-,27-,28+,29+/m0/s1. The highest BCUT2D eigenvalue weighted by atomic mass is 16.5. The molecule has 0 amide bonds. The highest BCUT2D eigenvalue weighted by Gasteiger charge is 2.61. The van der Waals surface area contributed by atoms with Gasteiger partial charge in [0.2, 0.25) is 0 Å². The minimum absolute atomic E-state index is 0.384. The maximum Gasteiger partial charge on any atom is 0.162 e. The van der Waals surface area contributed by atoms with E-state index in [-0.39, 0.29) is 0 Å². The molecule has 0 aromatic carbocycles. The SMILES string of the molecule is CCOC[C@@]1(O)CC[C@@]2(C)[C@H](CC[C@@H]3[C@@H]2CC[C@]2(C)[C@@H]([C@@H](C)Cn4ccc(C#N)n4)CC[C@@H]32)C1. The van der Waals surface area contributed by atoms with E-state index in [0.29, 0.717) is 41.6 Å². The smallest absolute Gasteiger partial charge is 0.162 e. The summed E-state index contributed by atoms with van der Waals surface area (Å²) in [6.07, 6.45) is 13.0. The average molecular weight is 468 g/mol. The third-order valence-corrected chi connectivity index (χ3v) is 11.4. The number of rotatable bonds is 6. The summed E-state index contributed by atoms with van der Waals surface area (Å²) in [5, 5.41) is 24.8. The normalized spacial score (nSPS) is 44.5. The molecule has 0 spiro atoms. The summed E-state index contributed by atoms with van der Waals surface area (Å²) in [7, 11) is 0. The predicted octanol–water partition coefficient (Wildman–Crippen LogP) is 5.82. The Balaban J connectivity index is 1.29. The van der Waals surface area contributed by atoms with E-state index in [9.17, 15) is 5.11 Å². The molecule has 34 heavy (non-hydrogen) atoms. The Morgan fingerprint density at radius 3 is 2.68 bits per heavy atom. The van der Waals surface area contributed by atoms with E-state index >= 15 is 0 Å². The van der Waals surface area contributed by atoms with Gasteiger partial charge in [-0.05, 0) is 117 Å². The summed E-state index contributed by atoms with van der Waals surface area (Å²) in [5.41, 5.74) is 0.727. The molecule has 1 heterocycles. The topological polar surface area (TPSA) is 71.1 Å². The highest BCUT2D eigenvalue weighted by Crippen LogP contribution is 2.68. The van der Waals surface area contributed by atoms with Gasteiger partial charge in [0.05, 0.1) is 12.2 Å². The largest absolute Gasteiger partial charge is 0.387 e. The Morgan fingerprint density at radius 1 is 1.15 bits per heavy atom. The molecule has 4 fully saturated rings. The van der Waals surface area contributed by atoms with E-state index in [1.807, 2.05) is 23.9 Å². The summed E-state index contributed by atoms with van der Waals surface area (Å²) in [6, 6.07) is 3.99. The van der Waals surface area contributed by atoms with Crippen LogP contribution in [0, 0.1) is 57.7 Å². The zero-order valence-electron chi connectivity index (χ0n) is 21.8. The van der Waals surface area contributed by atoms with Crippen molar-refractivity contribution in [3.8, 4) is 6.07 Å². The van der Waals surface area contributed by atoms with Gasteiger partial charge < -0.3 is 9.84 Å². The molecule has 1 N–H and O–H groups in total. The third-order valence-electron chi connectivity index (χ3n) is 11.4. The molecule has 5 nitrogen and oxygen atoms in total. The predicted molar refractivity (Wildman–Crippen MR) is 133 cm³/mol. The molecule has 0 saturated heterocycles. The molecule has 5 rings (SSSR count). The summed E-state index contributed by atoms with van der Waals surface area (Å²) >= 11 is 0. The molecule has 0 aliphatic heterocycles. The Kier molecular flexibility index (Phi) is 6.39. The first-order valence-electron chi connectivity index (χ1n) is 14.0. The number of nitrogens with zero attached hydrogens (tertiary/aromatic N) is 3. The number of nitriles is 1. The monoisotopic (exact) mass is 467 g/mol. The molecule has 0 bridgehead atoms. The maximum absolute atomic E-state index is 11.2. The van der Waals surface area contributed by atoms with E-state index in [1.165, 1.54) is 38.5 Å². The molecule has 4 aliphatic rings. The molecule has 4 saturated carbocycles. The van der Waals surface area contributed by atoms with Crippen LogP contribution in [0.1, 0.15) is 91.2 Å². The molecular formula is C29H45N3O2. The summed E-state index contributed by atoms with van der Waals surface area (Å²) in [4.78, 5) is 0. The van der Waals surface area contributed by atoms with E-state index in [4.69, 9.17) is 10.00 Å². The van der Waals surface area contributed by atoms with E-state index in [2.05, 4.69) is 31.9 Å². The number of ether oxygens (including phenoxy) is 1. The van der Waals surface area contributed by atoms with E-state index < -0.39 is 5.60 Å². The van der Waals surface area contributed by atoms with Crippen LogP contribution in [-0.4, -0.2) is 33.7 Å². The van der Waals surface area contributed by atoms with Gasteiger partial charge in [-0.15, -0.1) is 0 Å². The van der Waals surface area contributed by atoms with Crippen molar-refractivity contribution in [3.63, 3.8) is 0 Å². The van der Waals surface area contributed by atoms with Crippen molar-refractivity contribution in [2.45, 2.75) is 97.6 Å². The van der Waals surface area contributed by atoms with Crippen LogP contribution in [0.5, 0.6) is 0 Å². The summed E-state index contributed by atoms with van der Waals surface area (Å²) in [6.45, 7) is 11.7. The van der Waals surface area contributed by atoms with Crippen molar-refractivity contribution in [1.29, 1.82) is 5.26 Å². The fourth-order valence-corrected chi connectivity index (χ4v) is 9.67. The number of hydrogen-bond acceptors (Lipinski definition) is 4. The van der Waals surface area contributed by atoms with Crippen molar-refractivity contribution >= 4 is 0 Å². The van der Waals surface area contributed by atoms with Crippen LogP contribution >= 0.6 is 0 Å². The quantitative estimate of drug-likeness (QED) is 0.572. The second-order valence-corrected chi connectivity index (χ2v) is 13.0. The van der Waals surface area contributed by atoms with Gasteiger partial charge in [-0.3, -0.25) is 4.68 Å². The molecule has 9 atom stereocenters. The Morgan fingerprint density at radius 2 is 1.94 bits per heavy atom. The molecule has 0 unspecified atom stereocenters. The molecular weight excluding hydrogens is 422 g/mol. The second-order valence-electron chi connectivity index (χ2n) is 13.0. The summed E-state index contributed by atoms with van der Waals surface area (Å²) < 4.78 is 7.67. The Labute approximate surface area is 206 Å². The summed E-state index contributed by atoms with van der Waals surface area (Å²) in [5.74, 6) is 4.47. The van der Waals surface area contributed by atoms with Gasteiger partial charge in [0.25, 0.3) is 0 Å². The van der Waals surface area contributed by atoms with Crippen LogP contribution in [0.2, 0.25) is 0 Å². The molecule has 1 aromatic heterocycles. The van der Waals surface area contributed by atoms with Crippen LogP contribution in [0.4, 0.5) is 0 Å². The van der Waals surface area contributed by atoms with Gasteiger partial charge in [0.1, 0.15) is 6.07 Å².